The van der Waals surface area contributed by atoms with Gasteiger partial charge in [0.05, 0.1) is 6.04 Å². The van der Waals surface area contributed by atoms with Gasteiger partial charge in [0.25, 0.3) is 0 Å². The molecule has 1 aromatic rings. The molecule has 1 N–H and O–H groups in total. The molecule has 1 aliphatic heterocycles. The van der Waals surface area contributed by atoms with E-state index in [0.29, 0.717) is 12.0 Å². The monoisotopic (exact) mass is 275 g/mol. The first-order valence-electron chi connectivity index (χ1n) is 8.49. The van der Waals surface area contributed by atoms with E-state index < -0.39 is 0 Å². The summed E-state index contributed by atoms with van der Waals surface area (Å²) in [6, 6.07) is 0.328. The van der Waals surface area contributed by atoms with Crippen LogP contribution in [0.3, 0.4) is 0 Å². The van der Waals surface area contributed by atoms with Gasteiger partial charge < -0.3 is 9.84 Å². The topological polar surface area (TPSA) is 51.0 Å². The van der Waals surface area contributed by atoms with Crippen LogP contribution in [0, 0.1) is 11.8 Å². The molecule has 2 aliphatic carbocycles. The second kappa shape index (κ2) is 5.47. The Bertz CT molecular complexity index is 450. The lowest BCUT2D eigenvalue weighted by Gasteiger charge is -2.13. The van der Waals surface area contributed by atoms with Crippen LogP contribution in [0.4, 0.5) is 0 Å². The average Bonchev–Trinajstić information content (AvgIpc) is 3.12. The van der Waals surface area contributed by atoms with Gasteiger partial charge in [-0.1, -0.05) is 37.3 Å². The molecule has 0 amide bonds. The van der Waals surface area contributed by atoms with Crippen molar-refractivity contribution in [3.63, 3.8) is 0 Å². The molecule has 2 heterocycles. The highest BCUT2D eigenvalue weighted by Crippen LogP contribution is 2.44. The summed E-state index contributed by atoms with van der Waals surface area (Å²) in [7, 11) is 0. The maximum absolute atomic E-state index is 5.63. The molecule has 3 unspecified atom stereocenters. The van der Waals surface area contributed by atoms with Crippen LogP contribution in [0.1, 0.15) is 81.5 Å². The van der Waals surface area contributed by atoms with Crippen molar-refractivity contribution in [2.45, 2.75) is 69.7 Å². The predicted octanol–water partition coefficient (Wildman–Crippen LogP) is 3.57. The lowest BCUT2D eigenvalue weighted by Crippen LogP contribution is -2.18. The summed E-state index contributed by atoms with van der Waals surface area (Å²) in [5.41, 5.74) is 0. The first-order chi connectivity index (χ1) is 9.92. The lowest BCUT2D eigenvalue weighted by atomic mass is 9.94. The highest BCUT2D eigenvalue weighted by atomic mass is 16.5. The number of nitrogens with one attached hydrogen (secondary N) is 1. The molecule has 0 radical (unpaired) electrons. The number of hydrogen-bond donors (Lipinski definition) is 1. The number of aromatic nitrogens is 2. The van der Waals surface area contributed by atoms with E-state index >= 15 is 0 Å². The second-order valence-electron chi connectivity index (χ2n) is 6.92. The number of hydrogen-bond acceptors (Lipinski definition) is 4. The summed E-state index contributed by atoms with van der Waals surface area (Å²) in [5, 5.41) is 7.92. The normalized spacial score (nSPS) is 35.1. The van der Waals surface area contributed by atoms with Gasteiger partial charge >= 0.3 is 0 Å². The fraction of sp³-hybridized carbons (Fsp3) is 0.875. The van der Waals surface area contributed by atoms with E-state index in [2.05, 4.69) is 10.5 Å². The molecule has 3 atom stereocenters. The van der Waals surface area contributed by atoms with Crippen molar-refractivity contribution in [3.8, 4) is 0 Å². The first-order valence-corrected chi connectivity index (χ1v) is 8.49. The average molecular weight is 275 g/mol. The third kappa shape index (κ3) is 2.28. The van der Waals surface area contributed by atoms with Crippen LogP contribution in [0.2, 0.25) is 0 Å². The van der Waals surface area contributed by atoms with Gasteiger partial charge in [-0.2, -0.15) is 4.98 Å². The van der Waals surface area contributed by atoms with Crippen molar-refractivity contribution in [2.75, 3.05) is 6.54 Å². The summed E-state index contributed by atoms with van der Waals surface area (Å²) in [6.45, 7) is 1.14. The van der Waals surface area contributed by atoms with Crippen molar-refractivity contribution >= 4 is 0 Å². The van der Waals surface area contributed by atoms with Crippen molar-refractivity contribution in [3.05, 3.63) is 11.7 Å². The largest absolute Gasteiger partial charge is 0.338 e. The van der Waals surface area contributed by atoms with E-state index in [1.54, 1.807) is 0 Å². The van der Waals surface area contributed by atoms with Gasteiger partial charge in [0.15, 0.2) is 5.82 Å². The summed E-state index contributed by atoms with van der Waals surface area (Å²) < 4.78 is 5.63. The fourth-order valence-corrected chi connectivity index (χ4v) is 4.53. The standard InChI is InChI=1S/C16H25N3O/c1-2-4-7-11(6-3-1)15-18-16(20-19-15)14-13-9-5-8-12(13)10-17-14/h11-14,17H,1-10H2. The molecule has 0 aromatic carbocycles. The van der Waals surface area contributed by atoms with Gasteiger partial charge in [-0.25, -0.2) is 0 Å². The molecule has 1 saturated heterocycles. The SMILES string of the molecule is C1CCCC(c2noc(C3NCC4CCCC43)n2)CC1. The van der Waals surface area contributed by atoms with Crippen LogP contribution in [-0.4, -0.2) is 16.7 Å². The Morgan fingerprint density at radius 1 is 0.950 bits per heavy atom. The Balaban J connectivity index is 1.50. The first kappa shape index (κ1) is 12.8. The molecule has 4 rings (SSSR count). The van der Waals surface area contributed by atoms with Gasteiger partial charge in [-0.05, 0) is 44.1 Å². The second-order valence-corrected chi connectivity index (χ2v) is 6.92. The van der Waals surface area contributed by atoms with Gasteiger partial charge in [0.2, 0.25) is 5.89 Å². The van der Waals surface area contributed by atoms with Crippen molar-refractivity contribution < 1.29 is 4.52 Å². The number of nitrogens with zero attached hydrogens (tertiary/aromatic N) is 2. The third-order valence-electron chi connectivity index (χ3n) is 5.69. The van der Waals surface area contributed by atoms with Crippen LogP contribution >= 0.6 is 0 Å². The molecule has 4 heteroatoms. The Labute approximate surface area is 120 Å². The molecule has 0 spiro atoms. The van der Waals surface area contributed by atoms with Crippen LogP contribution in [0.15, 0.2) is 4.52 Å². The molecule has 110 valence electrons. The fourth-order valence-electron chi connectivity index (χ4n) is 4.53. The smallest absolute Gasteiger partial charge is 0.244 e. The molecule has 20 heavy (non-hydrogen) atoms. The molecule has 4 nitrogen and oxygen atoms in total. The minimum Gasteiger partial charge on any atom is -0.338 e. The van der Waals surface area contributed by atoms with Crippen molar-refractivity contribution in [1.82, 2.24) is 15.5 Å². The third-order valence-corrected chi connectivity index (χ3v) is 5.69. The summed E-state index contributed by atoms with van der Waals surface area (Å²) in [6.07, 6.45) is 11.9. The van der Waals surface area contributed by atoms with Crippen LogP contribution in [0.25, 0.3) is 0 Å². The van der Waals surface area contributed by atoms with Gasteiger partial charge in [0, 0.05) is 5.92 Å². The van der Waals surface area contributed by atoms with Crippen molar-refractivity contribution in [2.24, 2.45) is 11.8 Å². The zero-order valence-electron chi connectivity index (χ0n) is 12.2. The van der Waals surface area contributed by atoms with E-state index in [4.69, 9.17) is 9.51 Å². The number of fused-ring (bicyclic) bond motifs is 1. The maximum Gasteiger partial charge on any atom is 0.244 e. The maximum atomic E-state index is 5.63. The zero-order chi connectivity index (χ0) is 13.4. The van der Waals surface area contributed by atoms with Crippen LogP contribution in [0.5, 0.6) is 0 Å². The molecule has 3 aliphatic rings. The van der Waals surface area contributed by atoms with Gasteiger partial charge in [-0.15, -0.1) is 0 Å². The van der Waals surface area contributed by atoms with Gasteiger partial charge in [0.1, 0.15) is 0 Å². The minimum atomic E-state index is 0.328. The molecule has 2 saturated carbocycles. The molecule has 0 bridgehead atoms. The molecular formula is C16H25N3O. The summed E-state index contributed by atoms with van der Waals surface area (Å²) >= 11 is 0. The van der Waals surface area contributed by atoms with E-state index in [-0.39, 0.29) is 0 Å². The highest BCUT2D eigenvalue weighted by Gasteiger charge is 2.42. The Hall–Kier alpha value is -0.900. The quantitative estimate of drug-likeness (QED) is 0.838. The zero-order valence-corrected chi connectivity index (χ0v) is 12.2. The Kier molecular flexibility index (Phi) is 3.51. The van der Waals surface area contributed by atoms with Gasteiger partial charge in [-0.3, -0.25) is 0 Å². The summed E-state index contributed by atoms with van der Waals surface area (Å²) in [5.74, 6) is 3.95. The van der Waals surface area contributed by atoms with E-state index in [1.807, 2.05) is 0 Å². The molecule has 1 aromatic heterocycles. The van der Waals surface area contributed by atoms with E-state index in [0.717, 1.165) is 30.1 Å². The predicted molar refractivity (Wildman–Crippen MR) is 76.3 cm³/mol. The lowest BCUT2D eigenvalue weighted by molar-refractivity contribution is 0.299. The summed E-state index contributed by atoms with van der Waals surface area (Å²) in [4.78, 5) is 4.78. The van der Waals surface area contributed by atoms with Crippen LogP contribution in [-0.2, 0) is 0 Å². The Morgan fingerprint density at radius 2 is 1.80 bits per heavy atom. The molecular weight excluding hydrogens is 250 g/mol. The minimum absolute atomic E-state index is 0.328. The number of rotatable bonds is 2. The van der Waals surface area contributed by atoms with E-state index in [9.17, 15) is 0 Å². The highest BCUT2D eigenvalue weighted by molar-refractivity contribution is 5.05. The molecule has 3 fully saturated rings. The Morgan fingerprint density at radius 3 is 2.65 bits per heavy atom. The van der Waals surface area contributed by atoms with Crippen molar-refractivity contribution in [1.29, 1.82) is 0 Å². The van der Waals surface area contributed by atoms with E-state index in [1.165, 1.54) is 57.8 Å². The van der Waals surface area contributed by atoms with Crippen LogP contribution < -0.4 is 5.32 Å².